The minimum atomic E-state index is -1.16. The summed E-state index contributed by atoms with van der Waals surface area (Å²) in [7, 11) is 0. The number of nitrogens with two attached hydrogens (primary N) is 1. The van der Waals surface area contributed by atoms with Gasteiger partial charge in [0.1, 0.15) is 17.4 Å². The van der Waals surface area contributed by atoms with E-state index in [0.29, 0.717) is 43.7 Å². The number of nitrogens with one attached hydrogen (secondary N) is 1. The molecule has 1 aromatic heterocycles. The molecule has 3 rings (SSSR count). The first kappa shape index (κ1) is 51.4. The second kappa shape index (κ2) is 26.5. The van der Waals surface area contributed by atoms with Gasteiger partial charge in [0.05, 0.1) is 50.5 Å². The molecule has 2 aromatic carbocycles. The molecular weight excluding hydrogens is 827 g/mol. The Bertz CT molecular complexity index is 1940. The summed E-state index contributed by atoms with van der Waals surface area (Å²) in [4.78, 5) is 74.8. The first-order chi connectivity index (χ1) is 29.5. The van der Waals surface area contributed by atoms with Crippen LogP contribution in [-0.4, -0.2) is 113 Å². The van der Waals surface area contributed by atoms with Crippen LogP contribution < -0.4 is 11.1 Å². The van der Waals surface area contributed by atoms with Crippen LogP contribution in [0.15, 0.2) is 60.8 Å². The molecule has 62 heavy (non-hydrogen) atoms. The number of carboxylic acids is 2. The number of carboxylic acid groups (broad SMARTS) is 2. The van der Waals surface area contributed by atoms with Gasteiger partial charge in [-0.1, -0.05) is 51.1 Å². The molecule has 0 bridgehead atoms. The van der Waals surface area contributed by atoms with Crippen LogP contribution in [0.2, 0.25) is 0 Å². The van der Waals surface area contributed by atoms with Crippen molar-refractivity contribution < 1.29 is 57.2 Å². The molecule has 0 aliphatic heterocycles. The second-order valence-corrected chi connectivity index (χ2v) is 17.0. The normalized spacial score (nSPS) is 12.4. The van der Waals surface area contributed by atoms with Crippen LogP contribution in [0.1, 0.15) is 83.0 Å². The summed E-state index contributed by atoms with van der Waals surface area (Å²) in [5.41, 5.74) is 7.59. The number of aliphatic carboxylic acids is 2. The molecular formula is C45H60F2N4O10S. The molecule has 14 nitrogen and oxygen atoms in total. The van der Waals surface area contributed by atoms with Crippen molar-refractivity contribution in [3.63, 3.8) is 0 Å². The van der Waals surface area contributed by atoms with Crippen molar-refractivity contribution >= 4 is 47.1 Å². The molecule has 2 amide bonds. The summed E-state index contributed by atoms with van der Waals surface area (Å²) >= 11 is 1.13. The Kier molecular flexibility index (Phi) is 22.0. The molecule has 1 heterocycles. The van der Waals surface area contributed by atoms with Gasteiger partial charge in [-0.25, -0.2) is 8.78 Å². The fourth-order valence-electron chi connectivity index (χ4n) is 6.71. The molecule has 0 aliphatic rings. The Morgan fingerprint density at radius 3 is 2.24 bits per heavy atom. The number of rotatable bonds is 30. The van der Waals surface area contributed by atoms with E-state index in [2.05, 4.69) is 5.32 Å². The van der Waals surface area contributed by atoms with E-state index in [1.807, 2.05) is 55.7 Å². The highest BCUT2D eigenvalue weighted by atomic mass is 32.2. The van der Waals surface area contributed by atoms with Gasteiger partial charge in [0, 0.05) is 74.2 Å². The lowest BCUT2D eigenvalue weighted by Crippen LogP contribution is -2.44. The first-order valence-corrected chi connectivity index (χ1v) is 21.8. The summed E-state index contributed by atoms with van der Waals surface area (Å²) in [6, 6.07) is 14.2. The summed E-state index contributed by atoms with van der Waals surface area (Å²) in [5, 5.41) is 20.9. The van der Waals surface area contributed by atoms with Gasteiger partial charge in [-0.15, -0.1) is 0 Å². The van der Waals surface area contributed by atoms with Gasteiger partial charge in [0.25, 0.3) is 0 Å². The van der Waals surface area contributed by atoms with Crippen LogP contribution in [0.25, 0.3) is 11.1 Å². The Labute approximate surface area is 365 Å². The fraction of sp³-hybridized carbons (Fsp3) is 0.511. The number of Topliss-reactive ketones (excluding diaryl/α,β-unsaturated/α-hetero) is 2. The minimum absolute atomic E-state index is 0.00959. The molecule has 0 radical (unpaired) electrons. The SMILES string of the molecule is CC(C)(C)[C@H](c1cc(-c2cc(F)ccc2F)cn1Cc1ccccc1)N(CCCN)C(=O)CSC[C@H](CC(=O)CCOCCOCCCC(=O)CNC(=O)CCC(=O)O)C(=O)O. The number of benzene rings is 2. The number of carbonyl (C=O) groups excluding carboxylic acids is 4. The molecule has 0 aliphatic carbocycles. The third kappa shape index (κ3) is 18.2. The van der Waals surface area contributed by atoms with E-state index in [-0.39, 0.29) is 99.6 Å². The molecule has 340 valence electrons. The zero-order valence-corrected chi connectivity index (χ0v) is 36.6. The van der Waals surface area contributed by atoms with Crippen molar-refractivity contribution in [2.45, 2.75) is 78.3 Å². The summed E-state index contributed by atoms with van der Waals surface area (Å²) in [6.45, 7) is 7.51. The van der Waals surface area contributed by atoms with Gasteiger partial charge in [0.15, 0.2) is 5.78 Å². The third-order valence-corrected chi connectivity index (χ3v) is 10.8. The molecule has 5 N–H and O–H groups in total. The van der Waals surface area contributed by atoms with Gasteiger partial charge in [-0.2, -0.15) is 11.8 Å². The number of thioether (sulfide) groups is 1. The molecule has 0 fully saturated rings. The number of aromatic nitrogens is 1. The smallest absolute Gasteiger partial charge is 0.307 e. The van der Waals surface area contributed by atoms with Crippen molar-refractivity contribution in [1.29, 1.82) is 0 Å². The van der Waals surface area contributed by atoms with E-state index in [4.69, 9.17) is 20.3 Å². The average molecular weight is 887 g/mol. The maximum Gasteiger partial charge on any atom is 0.307 e. The highest BCUT2D eigenvalue weighted by molar-refractivity contribution is 7.99. The summed E-state index contributed by atoms with van der Waals surface area (Å²) < 4.78 is 42.3. The highest BCUT2D eigenvalue weighted by Gasteiger charge is 2.37. The zero-order valence-electron chi connectivity index (χ0n) is 35.7. The number of amides is 2. The molecule has 17 heteroatoms. The van der Waals surface area contributed by atoms with Crippen molar-refractivity contribution in [2.75, 3.05) is 57.6 Å². The lowest BCUT2D eigenvalue weighted by molar-refractivity contribution is -0.143. The lowest BCUT2D eigenvalue weighted by Gasteiger charge is -2.41. The van der Waals surface area contributed by atoms with Crippen LogP contribution in [-0.2, 0) is 44.8 Å². The van der Waals surface area contributed by atoms with Crippen LogP contribution >= 0.6 is 11.8 Å². The molecule has 2 atom stereocenters. The number of hydrogen-bond acceptors (Lipinski definition) is 10. The first-order valence-electron chi connectivity index (χ1n) is 20.7. The van der Waals surface area contributed by atoms with Crippen LogP contribution in [0.4, 0.5) is 8.78 Å². The fourth-order valence-corrected chi connectivity index (χ4v) is 7.71. The Hall–Kier alpha value is -4.97. The molecule has 3 aromatic rings. The largest absolute Gasteiger partial charge is 0.481 e. The average Bonchev–Trinajstić information content (AvgIpc) is 3.62. The van der Waals surface area contributed by atoms with E-state index in [1.54, 1.807) is 17.2 Å². The molecule has 0 saturated carbocycles. The van der Waals surface area contributed by atoms with E-state index in [1.165, 1.54) is 0 Å². The molecule has 0 unspecified atom stereocenters. The summed E-state index contributed by atoms with van der Waals surface area (Å²) in [6.07, 6.45) is 2.08. The number of ketones is 2. The Balaban J connectivity index is 1.55. The maximum atomic E-state index is 15.1. The van der Waals surface area contributed by atoms with Crippen molar-refractivity contribution in [3.8, 4) is 11.1 Å². The lowest BCUT2D eigenvalue weighted by atomic mass is 9.83. The van der Waals surface area contributed by atoms with Crippen molar-refractivity contribution in [3.05, 3.63) is 83.7 Å². The van der Waals surface area contributed by atoms with Crippen molar-refractivity contribution in [1.82, 2.24) is 14.8 Å². The minimum Gasteiger partial charge on any atom is -0.481 e. The second-order valence-electron chi connectivity index (χ2n) is 16.0. The topological polar surface area (TPSA) is 208 Å². The Morgan fingerprint density at radius 2 is 1.58 bits per heavy atom. The van der Waals surface area contributed by atoms with E-state index in [0.717, 1.165) is 35.5 Å². The number of hydrogen-bond donors (Lipinski definition) is 4. The van der Waals surface area contributed by atoms with Gasteiger partial charge in [-0.05, 0) is 54.6 Å². The van der Waals surface area contributed by atoms with Crippen LogP contribution in [0.3, 0.4) is 0 Å². The predicted molar refractivity (Wildman–Crippen MR) is 231 cm³/mol. The quantitative estimate of drug-likeness (QED) is 0.0578. The van der Waals surface area contributed by atoms with E-state index >= 15 is 4.39 Å². The van der Waals surface area contributed by atoms with E-state index in [9.17, 15) is 38.3 Å². The van der Waals surface area contributed by atoms with Crippen molar-refractivity contribution in [2.24, 2.45) is 17.1 Å². The van der Waals surface area contributed by atoms with E-state index < -0.39 is 46.9 Å². The number of ether oxygens (including phenoxy) is 2. The summed E-state index contributed by atoms with van der Waals surface area (Å²) in [5.74, 6) is -5.79. The zero-order chi connectivity index (χ0) is 45.7. The third-order valence-electron chi connectivity index (χ3n) is 9.76. The maximum absolute atomic E-state index is 15.1. The van der Waals surface area contributed by atoms with Crippen LogP contribution in [0.5, 0.6) is 0 Å². The number of nitrogens with zero attached hydrogens (tertiary/aromatic N) is 2. The molecule has 0 spiro atoms. The van der Waals surface area contributed by atoms with Gasteiger partial charge >= 0.3 is 11.9 Å². The van der Waals surface area contributed by atoms with Gasteiger partial charge < -0.3 is 40.2 Å². The highest BCUT2D eigenvalue weighted by Crippen LogP contribution is 2.41. The molecule has 0 saturated heterocycles. The Morgan fingerprint density at radius 1 is 0.871 bits per heavy atom. The van der Waals surface area contributed by atoms with Gasteiger partial charge in [-0.3, -0.25) is 28.8 Å². The standard InChI is InChI=1S/C45H60F2N4O10S/c1-45(2,3)43(39-24-32(37-25-34(46)12-13-38(37)47)28-50(39)27-31-9-5-4-6-10-31)51(18-8-17-48)41(55)30-62-29-33(44(58)59)23-35(52)16-20-61-22-21-60-19-7-11-36(53)26-49-40(54)14-15-42(56)57/h4-6,9-10,12-13,24-25,28,33,43H,7-8,11,14-23,26-27,29-30,48H2,1-3H3,(H,49,54)(H,56,57)(H,58,59)/t33-,43-/m0/s1. The van der Waals surface area contributed by atoms with Crippen LogP contribution in [0, 0.1) is 23.0 Å². The number of carbonyl (C=O) groups is 6. The number of halogens is 2. The monoisotopic (exact) mass is 886 g/mol. The van der Waals surface area contributed by atoms with Gasteiger partial charge in [0.2, 0.25) is 11.8 Å². The predicted octanol–water partition coefficient (Wildman–Crippen LogP) is 5.89.